The van der Waals surface area contributed by atoms with Gasteiger partial charge in [0, 0.05) is 36.6 Å². The van der Waals surface area contributed by atoms with Crippen molar-refractivity contribution in [1.29, 1.82) is 0 Å². The zero-order chi connectivity index (χ0) is 16.4. The maximum absolute atomic E-state index is 12.1. The summed E-state index contributed by atoms with van der Waals surface area (Å²) in [6.07, 6.45) is 8.00. The van der Waals surface area contributed by atoms with Crippen LogP contribution in [0.4, 0.5) is 0 Å². The number of aromatic nitrogens is 1. The molecule has 0 N–H and O–H groups in total. The first-order valence-corrected chi connectivity index (χ1v) is 11.2. The van der Waals surface area contributed by atoms with E-state index in [2.05, 4.69) is 0 Å². The van der Waals surface area contributed by atoms with E-state index in [4.69, 9.17) is 4.98 Å². The summed E-state index contributed by atoms with van der Waals surface area (Å²) < 4.78 is 22.3. The van der Waals surface area contributed by atoms with E-state index in [1.54, 1.807) is 0 Å². The minimum atomic E-state index is -3.07. The predicted molar refractivity (Wildman–Crippen MR) is 91.6 cm³/mol. The Balaban J connectivity index is 1.54. The monoisotopic (exact) mass is 356 g/mol. The van der Waals surface area contributed by atoms with E-state index in [-0.39, 0.29) is 18.1 Å². The van der Waals surface area contributed by atoms with Gasteiger partial charge in [0.25, 0.3) is 0 Å². The normalized spacial score (nSPS) is 19.6. The molecule has 3 rings (SSSR count). The lowest BCUT2D eigenvalue weighted by atomic mass is 9.97. The maximum atomic E-state index is 12.1. The van der Waals surface area contributed by atoms with Crippen LogP contribution in [0.3, 0.4) is 0 Å². The van der Waals surface area contributed by atoms with Crippen molar-refractivity contribution in [3.8, 4) is 0 Å². The van der Waals surface area contributed by atoms with Crippen molar-refractivity contribution >= 4 is 27.1 Å². The summed E-state index contributed by atoms with van der Waals surface area (Å²) >= 11 is 1.87. The van der Waals surface area contributed by atoms with Crippen LogP contribution in [-0.2, 0) is 27.5 Å². The average molecular weight is 357 g/mol. The van der Waals surface area contributed by atoms with Gasteiger partial charge in [-0.2, -0.15) is 0 Å². The Hall–Kier alpha value is -0.950. The number of likely N-dealkylation sites (tertiary alicyclic amines) is 1. The molecule has 0 spiro atoms. The van der Waals surface area contributed by atoms with E-state index in [0.717, 1.165) is 32.4 Å². The second-order valence-electron chi connectivity index (χ2n) is 6.66. The van der Waals surface area contributed by atoms with Crippen molar-refractivity contribution in [2.45, 2.75) is 50.9 Å². The van der Waals surface area contributed by atoms with Crippen LogP contribution in [0, 0.1) is 0 Å². The van der Waals surface area contributed by atoms with Gasteiger partial charge in [0.2, 0.25) is 5.91 Å². The van der Waals surface area contributed by atoms with Gasteiger partial charge < -0.3 is 4.90 Å². The summed E-state index contributed by atoms with van der Waals surface area (Å²) in [4.78, 5) is 20.2. The molecule has 0 aromatic carbocycles. The molecule has 1 saturated heterocycles. The van der Waals surface area contributed by atoms with Gasteiger partial charge >= 0.3 is 0 Å². The van der Waals surface area contributed by atoms with Crippen LogP contribution in [0.25, 0.3) is 0 Å². The van der Waals surface area contributed by atoms with E-state index >= 15 is 0 Å². The molecule has 0 atom stereocenters. The Morgan fingerprint density at radius 1 is 1.26 bits per heavy atom. The summed E-state index contributed by atoms with van der Waals surface area (Å²) in [6, 6.07) is 0. The molecule has 0 radical (unpaired) electrons. The largest absolute Gasteiger partial charge is 0.343 e. The van der Waals surface area contributed by atoms with Gasteiger partial charge in [-0.25, -0.2) is 13.4 Å². The molecule has 0 bridgehead atoms. The fourth-order valence-electron chi connectivity index (χ4n) is 3.35. The van der Waals surface area contributed by atoms with Crippen molar-refractivity contribution in [2.75, 3.05) is 25.1 Å². The number of amides is 1. The van der Waals surface area contributed by atoms with Crippen molar-refractivity contribution in [1.82, 2.24) is 9.88 Å². The number of rotatable bonds is 4. The van der Waals surface area contributed by atoms with Crippen LogP contribution >= 0.6 is 11.3 Å². The second kappa shape index (κ2) is 6.89. The Kier molecular flexibility index (Phi) is 5.06. The van der Waals surface area contributed by atoms with Crippen molar-refractivity contribution in [3.63, 3.8) is 0 Å². The lowest BCUT2D eigenvalue weighted by molar-refractivity contribution is -0.131. The molecular weight excluding hydrogens is 332 g/mol. The van der Waals surface area contributed by atoms with Crippen LogP contribution in [-0.4, -0.2) is 49.3 Å². The maximum Gasteiger partial charge on any atom is 0.223 e. The zero-order valence-electron chi connectivity index (χ0n) is 13.6. The summed E-state index contributed by atoms with van der Waals surface area (Å²) in [7, 11) is -3.07. The quantitative estimate of drug-likeness (QED) is 0.829. The molecule has 5 nitrogen and oxygen atoms in total. The molecule has 1 amide bonds. The number of aryl methyl sites for hydroxylation is 2. The average Bonchev–Trinajstić information content (AvgIpc) is 2.96. The molecule has 2 aliphatic rings. The molecule has 0 unspecified atom stereocenters. The SMILES string of the molecule is CS(=O)(=O)CCC(=O)N1CCC(c2nc3c(s2)CCCC3)CC1. The third-order valence-corrected chi connectivity index (χ3v) is 7.01. The van der Waals surface area contributed by atoms with E-state index in [1.165, 1.54) is 41.1 Å². The standard InChI is InChI=1S/C16H24N2O3S2/c1-23(20,21)11-8-15(19)18-9-6-12(7-10-18)16-17-13-4-2-3-5-14(13)22-16/h12H,2-11H2,1H3. The Morgan fingerprint density at radius 2 is 1.96 bits per heavy atom. The highest BCUT2D eigenvalue weighted by molar-refractivity contribution is 7.90. The summed E-state index contributed by atoms with van der Waals surface area (Å²) in [5.41, 5.74) is 1.31. The molecule has 128 valence electrons. The molecule has 7 heteroatoms. The van der Waals surface area contributed by atoms with Crippen LogP contribution in [0.15, 0.2) is 0 Å². The molecule has 1 aromatic heterocycles. The van der Waals surface area contributed by atoms with E-state index in [1.807, 2.05) is 16.2 Å². The van der Waals surface area contributed by atoms with E-state index in [9.17, 15) is 13.2 Å². The highest BCUT2D eigenvalue weighted by atomic mass is 32.2. The molecular formula is C16H24N2O3S2. The molecule has 1 aliphatic carbocycles. The number of sulfone groups is 1. The third kappa shape index (κ3) is 4.32. The number of fused-ring (bicyclic) bond motifs is 1. The summed E-state index contributed by atoms with van der Waals surface area (Å²) in [5, 5.41) is 1.25. The minimum Gasteiger partial charge on any atom is -0.343 e. The van der Waals surface area contributed by atoms with Gasteiger partial charge in [-0.15, -0.1) is 11.3 Å². The Morgan fingerprint density at radius 3 is 2.61 bits per heavy atom. The highest BCUT2D eigenvalue weighted by Crippen LogP contribution is 2.35. The summed E-state index contributed by atoms with van der Waals surface area (Å²) in [6.45, 7) is 1.44. The number of carbonyl (C=O) groups is 1. The summed E-state index contributed by atoms with van der Waals surface area (Å²) in [5.74, 6) is 0.377. The Bertz CT molecular complexity index is 650. The Labute approximate surface area is 142 Å². The predicted octanol–water partition coefficient (Wildman–Crippen LogP) is 2.16. The fraction of sp³-hybridized carbons (Fsp3) is 0.750. The van der Waals surface area contributed by atoms with Crippen molar-refractivity contribution in [3.05, 3.63) is 15.6 Å². The van der Waals surface area contributed by atoms with E-state index < -0.39 is 9.84 Å². The first kappa shape index (κ1) is 16.9. The van der Waals surface area contributed by atoms with Crippen molar-refractivity contribution < 1.29 is 13.2 Å². The van der Waals surface area contributed by atoms with Crippen molar-refractivity contribution in [2.24, 2.45) is 0 Å². The van der Waals surface area contributed by atoms with Crippen LogP contribution in [0.1, 0.15) is 53.6 Å². The van der Waals surface area contributed by atoms with Gasteiger partial charge in [-0.3, -0.25) is 4.79 Å². The molecule has 0 saturated carbocycles. The highest BCUT2D eigenvalue weighted by Gasteiger charge is 2.27. The molecule has 2 heterocycles. The number of piperidine rings is 1. The van der Waals surface area contributed by atoms with Crippen LogP contribution in [0.5, 0.6) is 0 Å². The fourth-order valence-corrected chi connectivity index (χ4v) is 5.22. The van der Waals surface area contributed by atoms with Gasteiger partial charge in [-0.1, -0.05) is 0 Å². The topological polar surface area (TPSA) is 67.3 Å². The first-order chi connectivity index (χ1) is 10.9. The molecule has 23 heavy (non-hydrogen) atoms. The molecule has 1 aliphatic heterocycles. The first-order valence-electron chi connectivity index (χ1n) is 8.36. The lowest BCUT2D eigenvalue weighted by Crippen LogP contribution is -2.38. The third-order valence-electron chi connectivity index (χ3n) is 4.75. The molecule has 1 fully saturated rings. The number of hydrogen-bond acceptors (Lipinski definition) is 5. The van der Waals surface area contributed by atoms with Gasteiger partial charge in [0.1, 0.15) is 9.84 Å². The number of carbonyl (C=O) groups excluding carboxylic acids is 1. The smallest absolute Gasteiger partial charge is 0.223 e. The lowest BCUT2D eigenvalue weighted by Gasteiger charge is -2.31. The zero-order valence-corrected chi connectivity index (χ0v) is 15.2. The van der Waals surface area contributed by atoms with Crippen LogP contribution < -0.4 is 0 Å². The number of thiazole rings is 1. The number of hydrogen-bond donors (Lipinski definition) is 0. The van der Waals surface area contributed by atoms with Gasteiger partial charge in [0.05, 0.1) is 16.5 Å². The van der Waals surface area contributed by atoms with E-state index in [0.29, 0.717) is 5.92 Å². The van der Waals surface area contributed by atoms with Gasteiger partial charge in [-0.05, 0) is 38.5 Å². The molecule has 1 aromatic rings. The number of nitrogens with zero attached hydrogens (tertiary/aromatic N) is 2. The minimum absolute atomic E-state index is 0.0349. The van der Waals surface area contributed by atoms with Crippen LogP contribution in [0.2, 0.25) is 0 Å². The second-order valence-corrected chi connectivity index (χ2v) is 10.0. The van der Waals surface area contributed by atoms with Gasteiger partial charge in [0.15, 0.2) is 0 Å².